The molecule has 25 heavy (non-hydrogen) atoms. The Balaban J connectivity index is 1.95. The highest BCUT2D eigenvalue weighted by Gasteiger charge is 2.16. The van der Waals surface area contributed by atoms with Crippen LogP contribution in [0.4, 0.5) is 5.69 Å². The summed E-state index contributed by atoms with van der Waals surface area (Å²) < 4.78 is 1.98. The standard InChI is InChI=1S/C20H21N3O2/c1-3-23(16-9-5-4-6-10-16)15(2)13-22-14-18(20(24)21-25)17-11-7-8-12-19(17)22/h4-12,14,25H,2-3,13H2,1H3,(H,21,24). The fraction of sp³-hybridized carbons (Fsp3) is 0.150. The third kappa shape index (κ3) is 3.27. The molecule has 3 rings (SSSR count). The maximum Gasteiger partial charge on any atom is 0.276 e. The second kappa shape index (κ2) is 7.23. The number of hydrogen-bond acceptors (Lipinski definition) is 3. The van der Waals surface area contributed by atoms with Crippen molar-refractivity contribution < 1.29 is 10.0 Å². The van der Waals surface area contributed by atoms with Gasteiger partial charge in [-0.3, -0.25) is 10.0 Å². The average molecular weight is 335 g/mol. The van der Waals surface area contributed by atoms with Crippen molar-refractivity contribution >= 4 is 22.5 Å². The van der Waals surface area contributed by atoms with Crippen LogP contribution in [-0.4, -0.2) is 22.2 Å². The topological polar surface area (TPSA) is 57.5 Å². The van der Waals surface area contributed by atoms with Crippen LogP contribution in [0, 0.1) is 0 Å². The molecule has 0 bridgehead atoms. The SMILES string of the molecule is C=C(Cn1cc(C(=O)NO)c2ccccc21)N(CC)c1ccccc1. The van der Waals surface area contributed by atoms with E-state index in [2.05, 4.69) is 18.4 Å². The third-order valence-electron chi connectivity index (χ3n) is 4.25. The predicted molar refractivity (Wildman–Crippen MR) is 99.8 cm³/mol. The van der Waals surface area contributed by atoms with Gasteiger partial charge in [-0.05, 0) is 25.1 Å². The van der Waals surface area contributed by atoms with Crippen LogP contribution in [0.5, 0.6) is 0 Å². The van der Waals surface area contributed by atoms with E-state index in [1.54, 1.807) is 11.7 Å². The van der Waals surface area contributed by atoms with Crippen molar-refractivity contribution in [1.29, 1.82) is 0 Å². The number of hydrogen-bond donors (Lipinski definition) is 2. The molecule has 2 aromatic carbocycles. The van der Waals surface area contributed by atoms with Gasteiger partial charge >= 0.3 is 0 Å². The van der Waals surface area contributed by atoms with E-state index in [-0.39, 0.29) is 0 Å². The van der Waals surface area contributed by atoms with Gasteiger partial charge in [-0.1, -0.05) is 43.0 Å². The van der Waals surface area contributed by atoms with Gasteiger partial charge in [0.05, 0.1) is 12.1 Å². The molecule has 5 nitrogen and oxygen atoms in total. The van der Waals surface area contributed by atoms with Crippen molar-refractivity contribution in [2.75, 3.05) is 11.4 Å². The van der Waals surface area contributed by atoms with Crippen LogP contribution in [0.15, 0.2) is 73.1 Å². The van der Waals surface area contributed by atoms with E-state index < -0.39 is 5.91 Å². The van der Waals surface area contributed by atoms with Crippen molar-refractivity contribution in [2.45, 2.75) is 13.5 Å². The van der Waals surface area contributed by atoms with E-state index in [1.165, 1.54) is 0 Å². The summed E-state index contributed by atoms with van der Waals surface area (Å²) in [6, 6.07) is 17.7. The molecule has 1 amide bonds. The Hall–Kier alpha value is -3.05. The van der Waals surface area contributed by atoms with Crippen molar-refractivity contribution in [3.63, 3.8) is 0 Å². The summed E-state index contributed by atoms with van der Waals surface area (Å²) >= 11 is 0. The lowest BCUT2D eigenvalue weighted by Crippen LogP contribution is -2.24. The Kier molecular flexibility index (Phi) is 4.86. The van der Waals surface area contributed by atoms with Gasteiger partial charge in [0, 0.05) is 35.0 Å². The number of likely N-dealkylation sites (N-methyl/N-ethyl adjacent to an activating group) is 1. The summed E-state index contributed by atoms with van der Waals surface area (Å²) in [7, 11) is 0. The van der Waals surface area contributed by atoms with Gasteiger partial charge in [-0.25, -0.2) is 5.48 Å². The molecule has 0 spiro atoms. The number of amides is 1. The number of hydroxylamine groups is 1. The number of allylic oxidation sites excluding steroid dienone is 1. The van der Waals surface area contributed by atoms with Gasteiger partial charge < -0.3 is 9.47 Å². The average Bonchev–Trinajstić information content (AvgIpc) is 3.01. The monoisotopic (exact) mass is 335 g/mol. The molecule has 0 saturated carbocycles. The largest absolute Gasteiger partial charge is 0.344 e. The Morgan fingerprint density at radius 2 is 1.84 bits per heavy atom. The van der Waals surface area contributed by atoms with Gasteiger partial charge in [0.15, 0.2) is 0 Å². The van der Waals surface area contributed by atoms with Crippen LogP contribution < -0.4 is 10.4 Å². The minimum atomic E-state index is -0.518. The van der Waals surface area contributed by atoms with Gasteiger partial charge in [0.1, 0.15) is 0 Å². The number of para-hydroxylation sites is 2. The number of aromatic nitrogens is 1. The molecule has 128 valence electrons. The molecule has 0 unspecified atom stereocenters. The van der Waals surface area contributed by atoms with Gasteiger partial charge in [0.2, 0.25) is 0 Å². The fourth-order valence-corrected chi connectivity index (χ4v) is 3.10. The lowest BCUT2D eigenvalue weighted by molar-refractivity contribution is 0.0708. The number of rotatable bonds is 6. The number of carbonyl (C=O) groups excluding carboxylic acids is 1. The Bertz CT molecular complexity index is 900. The highest BCUT2D eigenvalue weighted by atomic mass is 16.5. The normalized spacial score (nSPS) is 10.6. The van der Waals surface area contributed by atoms with E-state index >= 15 is 0 Å². The van der Waals surface area contributed by atoms with Crippen molar-refractivity contribution in [2.24, 2.45) is 0 Å². The highest BCUT2D eigenvalue weighted by Crippen LogP contribution is 2.24. The molecule has 0 radical (unpaired) electrons. The lowest BCUT2D eigenvalue weighted by Gasteiger charge is -2.26. The molecule has 0 aliphatic heterocycles. The first-order chi connectivity index (χ1) is 12.2. The zero-order valence-electron chi connectivity index (χ0n) is 14.1. The molecule has 3 aromatic rings. The van der Waals surface area contributed by atoms with E-state index in [4.69, 9.17) is 5.21 Å². The van der Waals surface area contributed by atoms with Gasteiger partial charge in [-0.15, -0.1) is 0 Å². The summed E-state index contributed by atoms with van der Waals surface area (Å²) in [5.41, 5.74) is 5.08. The Morgan fingerprint density at radius 3 is 2.52 bits per heavy atom. The minimum Gasteiger partial charge on any atom is -0.344 e. The van der Waals surface area contributed by atoms with Gasteiger partial charge in [0.25, 0.3) is 5.91 Å². The second-order valence-electron chi connectivity index (χ2n) is 5.77. The maximum atomic E-state index is 11.9. The first-order valence-electron chi connectivity index (χ1n) is 8.18. The van der Waals surface area contributed by atoms with Crippen molar-refractivity contribution in [1.82, 2.24) is 10.0 Å². The van der Waals surface area contributed by atoms with Crippen LogP contribution in [0.3, 0.4) is 0 Å². The second-order valence-corrected chi connectivity index (χ2v) is 5.77. The number of nitrogens with zero attached hydrogens (tertiary/aromatic N) is 2. The summed E-state index contributed by atoms with van der Waals surface area (Å²) in [6.45, 7) is 7.65. The first kappa shape index (κ1) is 16.8. The Labute approximate surface area is 146 Å². The van der Waals surface area contributed by atoms with Crippen LogP contribution in [0.1, 0.15) is 17.3 Å². The summed E-state index contributed by atoms with van der Waals surface area (Å²) in [5, 5.41) is 9.78. The number of fused-ring (bicyclic) bond motifs is 1. The summed E-state index contributed by atoms with van der Waals surface area (Å²) in [5.74, 6) is -0.518. The molecule has 1 heterocycles. The zero-order chi connectivity index (χ0) is 17.8. The number of nitrogens with one attached hydrogen (secondary N) is 1. The molecular weight excluding hydrogens is 314 g/mol. The maximum absolute atomic E-state index is 11.9. The first-order valence-corrected chi connectivity index (χ1v) is 8.18. The quantitative estimate of drug-likeness (QED) is 0.532. The zero-order valence-corrected chi connectivity index (χ0v) is 14.1. The van der Waals surface area contributed by atoms with Crippen LogP contribution in [0.25, 0.3) is 10.9 Å². The molecule has 0 aliphatic carbocycles. The number of benzene rings is 2. The molecule has 0 fully saturated rings. The molecule has 0 saturated heterocycles. The minimum absolute atomic E-state index is 0.439. The molecular formula is C20H21N3O2. The molecule has 0 atom stereocenters. The van der Waals surface area contributed by atoms with Crippen molar-refractivity contribution in [3.05, 3.63) is 78.6 Å². The number of carbonyl (C=O) groups is 1. The summed E-state index contributed by atoms with van der Waals surface area (Å²) in [6.07, 6.45) is 1.75. The van der Waals surface area contributed by atoms with E-state index in [0.29, 0.717) is 12.1 Å². The molecule has 1 aromatic heterocycles. The van der Waals surface area contributed by atoms with Crippen LogP contribution in [0.2, 0.25) is 0 Å². The molecule has 2 N–H and O–H groups in total. The smallest absolute Gasteiger partial charge is 0.276 e. The van der Waals surface area contributed by atoms with Gasteiger partial charge in [-0.2, -0.15) is 0 Å². The lowest BCUT2D eigenvalue weighted by atomic mass is 10.2. The van der Waals surface area contributed by atoms with E-state index in [0.717, 1.165) is 28.8 Å². The number of anilines is 1. The Morgan fingerprint density at radius 1 is 1.16 bits per heavy atom. The van der Waals surface area contributed by atoms with Crippen molar-refractivity contribution in [3.8, 4) is 0 Å². The molecule has 0 aliphatic rings. The fourth-order valence-electron chi connectivity index (χ4n) is 3.10. The van der Waals surface area contributed by atoms with Crippen LogP contribution >= 0.6 is 0 Å². The third-order valence-corrected chi connectivity index (χ3v) is 4.25. The van der Waals surface area contributed by atoms with E-state index in [9.17, 15) is 4.79 Å². The van der Waals surface area contributed by atoms with E-state index in [1.807, 2.05) is 59.2 Å². The highest BCUT2D eigenvalue weighted by molar-refractivity contribution is 6.06. The molecule has 5 heteroatoms. The van der Waals surface area contributed by atoms with Crippen LogP contribution in [-0.2, 0) is 6.54 Å². The predicted octanol–water partition coefficient (Wildman–Crippen LogP) is 3.80. The summed E-state index contributed by atoms with van der Waals surface area (Å²) in [4.78, 5) is 14.1.